The molecule has 102 valence electrons. The molecule has 0 heterocycles. The maximum Gasteiger partial charge on any atom is 0.0991 e. The van der Waals surface area contributed by atoms with E-state index in [-0.39, 0.29) is 0 Å². The fourth-order valence-corrected chi connectivity index (χ4v) is 2.79. The number of benzene rings is 2. The smallest absolute Gasteiger partial charge is 0.0991 e. The summed E-state index contributed by atoms with van der Waals surface area (Å²) in [4.78, 5) is 0. The lowest BCUT2D eigenvalue weighted by atomic mass is 9.87. The molecule has 2 aromatic carbocycles. The maximum absolute atomic E-state index is 9.06. The molecule has 0 aromatic heterocycles. The maximum atomic E-state index is 9.06. The summed E-state index contributed by atoms with van der Waals surface area (Å²) in [6, 6.07) is 16.0. The van der Waals surface area contributed by atoms with E-state index in [1.54, 1.807) is 0 Å². The van der Waals surface area contributed by atoms with Crippen molar-refractivity contribution in [2.24, 2.45) is 0 Å². The summed E-state index contributed by atoms with van der Waals surface area (Å²) in [5.74, 6) is 0.521. The molecule has 0 aliphatic heterocycles. The second kappa shape index (κ2) is 6.59. The van der Waals surface area contributed by atoms with Crippen LogP contribution in [-0.2, 0) is 0 Å². The van der Waals surface area contributed by atoms with Crippen LogP contribution in [0.5, 0.6) is 0 Å². The van der Waals surface area contributed by atoms with Crippen LogP contribution in [0, 0.1) is 11.3 Å². The Morgan fingerprint density at radius 1 is 1.10 bits per heavy atom. The van der Waals surface area contributed by atoms with Crippen molar-refractivity contribution in [1.82, 2.24) is 0 Å². The lowest BCUT2D eigenvalue weighted by Crippen LogP contribution is -1.98. The molecule has 0 unspecified atom stereocenters. The molecule has 0 fully saturated rings. The van der Waals surface area contributed by atoms with Crippen molar-refractivity contribution in [3.63, 3.8) is 0 Å². The Morgan fingerprint density at radius 2 is 1.85 bits per heavy atom. The normalized spacial score (nSPS) is 10.6. The molecular weight excluding hydrogens is 266 g/mol. The van der Waals surface area contributed by atoms with Crippen molar-refractivity contribution < 1.29 is 0 Å². The van der Waals surface area contributed by atoms with Gasteiger partial charge in [-0.2, -0.15) is 5.26 Å². The van der Waals surface area contributed by atoms with Gasteiger partial charge in [-0.3, -0.25) is 0 Å². The van der Waals surface area contributed by atoms with Crippen molar-refractivity contribution in [3.05, 3.63) is 58.6 Å². The lowest BCUT2D eigenvalue weighted by Gasteiger charge is -2.18. The van der Waals surface area contributed by atoms with Crippen molar-refractivity contribution >= 4 is 11.6 Å². The van der Waals surface area contributed by atoms with Gasteiger partial charge in [0.2, 0.25) is 0 Å². The van der Waals surface area contributed by atoms with Crippen molar-refractivity contribution in [3.8, 4) is 17.2 Å². The first-order valence-electron chi connectivity index (χ1n) is 6.99. The molecule has 0 saturated carbocycles. The van der Waals surface area contributed by atoms with Crippen molar-refractivity contribution in [2.75, 3.05) is 0 Å². The summed E-state index contributed by atoms with van der Waals surface area (Å²) >= 11 is 6.17. The zero-order valence-electron chi connectivity index (χ0n) is 11.9. The van der Waals surface area contributed by atoms with Gasteiger partial charge in [0.25, 0.3) is 0 Å². The first-order valence-corrected chi connectivity index (χ1v) is 7.37. The second-order valence-electron chi connectivity index (χ2n) is 4.94. The van der Waals surface area contributed by atoms with E-state index in [1.807, 2.05) is 36.4 Å². The van der Waals surface area contributed by atoms with Gasteiger partial charge < -0.3 is 0 Å². The molecule has 0 aliphatic rings. The predicted octanol–water partition coefficient (Wildman–Crippen LogP) is 5.78. The highest BCUT2D eigenvalue weighted by Crippen LogP contribution is 2.35. The molecule has 0 N–H and O–H groups in total. The number of rotatable bonds is 4. The number of nitrogens with zero attached hydrogens (tertiary/aromatic N) is 1. The van der Waals surface area contributed by atoms with E-state index in [0.717, 1.165) is 29.0 Å². The van der Waals surface area contributed by atoms with Gasteiger partial charge in [-0.1, -0.05) is 43.6 Å². The summed E-state index contributed by atoms with van der Waals surface area (Å²) in [5, 5.41) is 9.79. The van der Waals surface area contributed by atoms with Crippen LogP contribution in [0.2, 0.25) is 5.02 Å². The summed E-state index contributed by atoms with van der Waals surface area (Å²) in [6.07, 6.45) is 2.20. The van der Waals surface area contributed by atoms with Crippen LogP contribution in [0.25, 0.3) is 11.1 Å². The molecule has 0 radical (unpaired) electrons. The molecule has 1 nitrogen and oxygen atoms in total. The van der Waals surface area contributed by atoms with Gasteiger partial charge in [-0.05, 0) is 59.7 Å². The van der Waals surface area contributed by atoms with Gasteiger partial charge in [0.15, 0.2) is 0 Å². The van der Waals surface area contributed by atoms with Crippen LogP contribution < -0.4 is 0 Å². The van der Waals surface area contributed by atoms with Gasteiger partial charge in [0, 0.05) is 5.02 Å². The number of hydrogen-bond acceptors (Lipinski definition) is 1. The largest absolute Gasteiger partial charge is 0.192 e. The van der Waals surface area contributed by atoms with Gasteiger partial charge in [0.05, 0.1) is 11.6 Å². The standard InChI is InChI=1S/C18H18ClN/c1-3-14(4-2)17-9-8-16(19)11-18(17)15-7-5-6-13(10-15)12-20/h5-11,14H,3-4H2,1-2H3. The monoisotopic (exact) mass is 283 g/mol. The first kappa shape index (κ1) is 14.6. The summed E-state index contributed by atoms with van der Waals surface area (Å²) in [7, 11) is 0. The van der Waals surface area contributed by atoms with E-state index in [4.69, 9.17) is 16.9 Å². The predicted molar refractivity (Wildman–Crippen MR) is 84.9 cm³/mol. The Bertz CT molecular complexity index is 636. The third-order valence-electron chi connectivity index (χ3n) is 3.74. The minimum absolute atomic E-state index is 0.521. The van der Waals surface area contributed by atoms with Gasteiger partial charge in [0.1, 0.15) is 0 Å². The summed E-state index contributed by atoms with van der Waals surface area (Å²) in [5.41, 5.74) is 4.20. The van der Waals surface area contributed by atoms with Crippen LogP contribution in [-0.4, -0.2) is 0 Å². The van der Waals surface area contributed by atoms with Crippen LogP contribution in [0.1, 0.15) is 43.7 Å². The molecule has 2 aromatic rings. The molecule has 2 rings (SSSR count). The first-order chi connectivity index (χ1) is 9.69. The molecule has 0 bridgehead atoms. The van der Waals surface area contributed by atoms with Crippen LogP contribution in [0.3, 0.4) is 0 Å². The lowest BCUT2D eigenvalue weighted by molar-refractivity contribution is 0.643. The Balaban J connectivity index is 2.59. The minimum atomic E-state index is 0.521. The molecule has 0 spiro atoms. The topological polar surface area (TPSA) is 23.8 Å². The molecule has 0 saturated heterocycles. The highest BCUT2D eigenvalue weighted by molar-refractivity contribution is 6.30. The van der Waals surface area contributed by atoms with Gasteiger partial charge in [-0.25, -0.2) is 0 Å². The minimum Gasteiger partial charge on any atom is -0.192 e. The highest BCUT2D eigenvalue weighted by Gasteiger charge is 2.14. The molecule has 20 heavy (non-hydrogen) atoms. The van der Waals surface area contributed by atoms with E-state index in [9.17, 15) is 0 Å². The quantitative estimate of drug-likeness (QED) is 0.697. The van der Waals surface area contributed by atoms with E-state index in [2.05, 4.69) is 26.0 Å². The van der Waals surface area contributed by atoms with Gasteiger partial charge >= 0.3 is 0 Å². The van der Waals surface area contributed by atoms with Crippen molar-refractivity contribution in [2.45, 2.75) is 32.6 Å². The Kier molecular flexibility index (Phi) is 4.82. The highest BCUT2D eigenvalue weighted by atomic mass is 35.5. The zero-order valence-corrected chi connectivity index (χ0v) is 12.6. The third-order valence-corrected chi connectivity index (χ3v) is 3.98. The zero-order chi connectivity index (χ0) is 14.5. The second-order valence-corrected chi connectivity index (χ2v) is 5.37. The molecule has 0 aliphatic carbocycles. The van der Waals surface area contributed by atoms with Crippen LogP contribution in [0.4, 0.5) is 0 Å². The van der Waals surface area contributed by atoms with E-state index >= 15 is 0 Å². The Morgan fingerprint density at radius 3 is 2.50 bits per heavy atom. The summed E-state index contributed by atoms with van der Waals surface area (Å²) < 4.78 is 0. The Hall–Kier alpha value is -1.78. The molecule has 2 heteroatoms. The van der Waals surface area contributed by atoms with E-state index in [0.29, 0.717) is 11.5 Å². The molecular formula is C18H18ClN. The van der Waals surface area contributed by atoms with Crippen LogP contribution in [0.15, 0.2) is 42.5 Å². The SMILES string of the molecule is CCC(CC)c1ccc(Cl)cc1-c1cccc(C#N)c1. The Labute approximate surface area is 125 Å². The summed E-state index contributed by atoms with van der Waals surface area (Å²) in [6.45, 7) is 4.41. The number of hydrogen-bond donors (Lipinski definition) is 0. The average molecular weight is 284 g/mol. The number of halogens is 1. The fraction of sp³-hybridized carbons (Fsp3) is 0.278. The average Bonchev–Trinajstić information content (AvgIpc) is 2.50. The van der Waals surface area contributed by atoms with E-state index < -0.39 is 0 Å². The molecule has 0 atom stereocenters. The van der Waals surface area contributed by atoms with E-state index in [1.165, 1.54) is 5.56 Å². The fourth-order valence-electron chi connectivity index (χ4n) is 2.62. The van der Waals surface area contributed by atoms with Crippen molar-refractivity contribution in [1.29, 1.82) is 5.26 Å². The third kappa shape index (κ3) is 3.03. The molecule has 0 amide bonds. The van der Waals surface area contributed by atoms with Crippen LogP contribution >= 0.6 is 11.6 Å². The number of nitriles is 1. The van der Waals surface area contributed by atoms with Gasteiger partial charge in [-0.15, -0.1) is 0 Å².